The van der Waals surface area contributed by atoms with Crippen LogP contribution in [0.15, 0.2) is 12.7 Å². The Bertz CT molecular complexity index is 1290. The van der Waals surface area contributed by atoms with Crippen LogP contribution in [0.3, 0.4) is 0 Å². The van der Waals surface area contributed by atoms with Crippen LogP contribution < -0.4 is 21.3 Å². The molecule has 5 atom stereocenters. The number of carbonyl (C=O) groups excluding carboxylic acids is 5. The van der Waals surface area contributed by atoms with Crippen molar-refractivity contribution >= 4 is 29.5 Å². The summed E-state index contributed by atoms with van der Waals surface area (Å²) in [4.78, 5) is 69.7. The maximum Gasteiger partial charge on any atom is 0.315 e. The zero-order valence-corrected chi connectivity index (χ0v) is 28.2. The molecule has 10 heteroatoms. The smallest absolute Gasteiger partial charge is 0.315 e. The summed E-state index contributed by atoms with van der Waals surface area (Å²) in [5, 5.41) is 11.8. The first-order chi connectivity index (χ1) is 22.5. The summed E-state index contributed by atoms with van der Waals surface area (Å²) in [5.41, 5.74) is -0.326. The third-order valence-corrected chi connectivity index (χ3v) is 12.7. The van der Waals surface area contributed by atoms with E-state index in [1.54, 1.807) is 11.0 Å². The summed E-state index contributed by atoms with van der Waals surface area (Å²) < 4.78 is 0. The predicted octanol–water partition coefficient (Wildman–Crippen LogP) is 3.46. The number of amides is 5. The standard InChI is InChI=1S/C37H53N5O5/c1-5-7-13-27(31(43)33(45)38-14-6-2)39-32(44)30-28-26(36(28,3)4)21-42(30)34(46)29(25-11-9-8-10-12-25)40-35(47)41-37-18-22-15-23(19-37)17-24(16-22)20-37/h2,5,22-30H,1,7-21H2,3-4H3,(H,38,45)(H,39,44)(H2,40,41,47)/t22?,23?,24?,26?,27?,28?,29-,30?,37?/m0/s1. The average molecular weight is 648 g/mol. The zero-order valence-electron chi connectivity index (χ0n) is 28.2. The summed E-state index contributed by atoms with van der Waals surface area (Å²) in [6, 6.07) is -2.87. The van der Waals surface area contributed by atoms with Gasteiger partial charge in [0.15, 0.2) is 0 Å². The Morgan fingerprint density at radius 2 is 1.62 bits per heavy atom. The van der Waals surface area contributed by atoms with Crippen LogP contribution in [0.25, 0.3) is 0 Å². The molecular formula is C37H53N5O5. The van der Waals surface area contributed by atoms with E-state index in [2.05, 4.69) is 47.6 Å². The van der Waals surface area contributed by atoms with Gasteiger partial charge in [-0.3, -0.25) is 19.2 Å². The van der Waals surface area contributed by atoms with Crippen molar-refractivity contribution in [2.24, 2.45) is 40.9 Å². The number of Topliss-reactive ketones (excluding diaryl/α,β-unsaturated/α-hetero) is 1. The van der Waals surface area contributed by atoms with Crippen molar-refractivity contribution in [2.75, 3.05) is 13.1 Å². The van der Waals surface area contributed by atoms with Crippen molar-refractivity contribution in [3.63, 3.8) is 0 Å². The summed E-state index contributed by atoms with van der Waals surface area (Å²) in [6.07, 6.45) is 19.2. The van der Waals surface area contributed by atoms with E-state index in [1.165, 1.54) is 19.3 Å². The van der Waals surface area contributed by atoms with Crippen LogP contribution in [0, 0.1) is 53.3 Å². The van der Waals surface area contributed by atoms with E-state index >= 15 is 0 Å². The molecular weight excluding hydrogens is 594 g/mol. The first-order valence-corrected chi connectivity index (χ1v) is 18.0. The highest BCUT2D eigenvalue weighted by Gasteiger charge is 2.70. The second-order valence-corrected chi connectivity index (χ2v) is 16.2. The molecule has 7 fully saturated rings. The van der Waals surface area contributed by atoms with E-state index in [4.69, 9.17) is 6.42 Å². The Kier molecular flexibility index (Phi) is 9.48. The number of terminal acetylenes is 1. The number of nitrogens with zero attached hydrogens (tertiary/aromatic N) is 1. The van der Waals surface area contributed by atoms with E-state index < -0.39 is 35.7 Å². The van der Waals surface area contributed by atoms with Crippen molar-refractivity contribution in [1.82, 2.24) is 26.2 Å². The van der Waals surface area contributed by atoms with Crippen molar-refractivity contribution < 1.29 is 24.0 Å². The SMILES string of the molecule is C#CCNC(=O)C(=O)C(CCC=C)NC(=O)C1C2C(CN1C(=O)[C@@H](NC(=O)NC13CC4CC(CC(C4)C1)C3)C1CCCCC1)C2(C)C. The van der Waals surface area contributed by atoms with Gasteiger partial charge in [-0.1, -0.05) is 45.1 Å². The number of piperidine rings is 1. The molecule has 0 aromatic carbocycles. The van der Waals surface area contributed by atoms with Crippen LogP contribution in [0.4, 0.5) is 4.79 Å². The number of nitrogens with one attached hydrogen (secondary N) is 4. The Hall–Kier alpha value is -3.35. The van der Waals surface area contributed by atoms with Crippen molar-refractivity contribution in [2.45, 2.75) is 121 Å². The number of carbonyl (C=O) groups is 5. The van der Waals surface area contributed by atoms with Crippen LogP contribution in [0.1, 0.15) is 97.3 Å². The molecule has 7 aliphatic rings. The Morgan fingerprint density at radius 1 is 0.979 bits per heavy atom. The van der Waals surface area contributed by atoms with E-state index in [-0.39, 0.29) is 53.6 Å². The second kappa shape index (κ2) is 13.3. The lowest BCUT2D eigenvalue weighted by Gasteiger charge is -2.56. The minimum Gasteiger partial charge on any atom is -0.344 e. The maximum atomic E-state index is 14.6. The van der Waals surface area contributed by atoms with Gasteiger partial charge in [0.25, 0.3) is 5.91 Å². The number of rotatable bonds is 12. The van der Waals surface area contributed by atoms with E-state index in [0.717, 1.165) is 51.4 Å². The molecule has 0 aromatic heterocycles. The van der Waals surface area contributed by atoms with Crippen LogP contribution >= 0.6 is 0 Å². The minimum absolute atomic E-state index is 0.00576. The number of fused-ring (bicyclic) bond motifs is 1. The lowest BCUT2D eigenvalue weighted by molar-refractivity contribution is -0.144. The van der Waals surface area contributed by atoms with Gasteiger partial charge >= 0.3 is 6.03 Å². The lowest BCUT2D eigenvalue weighted by atomic mass is 9.53. The highest BCUT2D eigenvalue weighted by molar-refractivity contribution is 6.38. The normalized spacial score (nSPS) is 34.3. The van der Waals surface area contributed by atoms with Gasteiger partial charge in [0.05, 0.1) is 12.6 Å². The highest BCUT2D eigenvalue weighted by Crippen LogP contribution is 2.65. The molecule has 1 heterocycles. The molecule has 7 rings (SSSR count). The van der Waals surface area contributed by atoms with Crippen molar-refractivity contribution in [1.29, 1.82) is 0 Å². The molecule has 4 N–H and O–H groups in total. The summed E-state index contributed by atoms with van der Waals surface area (Å²) in [5.74, 6) is 2.09. The third-order valence-electron chi connectivity index (χ3n) is 12.7. The number of ketones is 1. The lowest BCUT2D eigenvalue weighted by Crippen LogP contribution is -2.64. The largest absolute Gasteiger partial charge is 0.344 e. The molecule has 256 valence electrons. The van der Waals surface area contributed by atoms with Gasteiger partial charge in [0, 0.05) is 12.1 Å². The molecule has 0 radical (unpaired) electrons. The molecule has 0 spiro atoms. The molecule has 6 saturated carbocycles. The second-order valence-electron chi connectivity index (χ2n) is 16.2. The first kappa shape index (κ1) is 33.5. The molecule has 4 unspecified atom stereocenters. The molecule has 0 aromatic rings. The minimum atomic E-state index is -1.07. The van der Waals surface area contributed by atoms with Crippen LogP contribution in [0.5, 0.6) is 0 Å². The maximum absolute atomic E-state index is 14.6. The van der Waals surface area contributed by atoms with E-state index in [0.29, 0.717) is 30.7 Å². The number of allylic oxidation sites excluding steroid dienone is 1. The zero-order chi connectivity index (χ0) is 33.5. The molecule has 1 aliphatic heterocycles. The number of urea groups is 1. The molecule has 47 heavy (non-hydrogen) atoms. The topological polar surface area (TPSA) is 137 Å². The number of hydrogen-bond acceptors (Lipinski definition) is 5. The number of likely N-dealkylation sites (tertiary alicyclic amines) is 1. The summed E-state index contributed by atoms with van der Waals surface area (Å²) in [6.45, 7) is 8.25. The fraction of sp³-hybridized carbons (Fsp3) is 0.757. The fourth-order valence-electron chi connectivity index (χ4n) is 10.7. The molecule has 6 aliphatic carbocycles. The van der Waals surface area contributed by atoms with Gasteiger partial charge in [-0.05, 0) is 105 Å². The van der Waals surface area contributed by atoms with E-state index in [9.17, 15) is 24.0 Å². The van der Waals surface area contributed by atoms with Gasteiger partial charge < -0.3 is 26.2 Å². The molecule has 10 nitrogen and oxygen atoms in total. The van der Waals surface area contributed by atoms with Gasteiger partial charge in [-0.25, -0.2) is 4.79 Å². The quantitative estimate of drug-likeness (QED) is 0.146. The highest BCUT2D eigenvalue weighted by atomic mass is 16.2. The molecule has 1 saturated heterocycles. The Morgan fingerprint density at radius 3 is 2.21 bits per heavy atom. The Balaban J connectivity index is 1.19. The van der Waals surface area contributed by atoms with E-state index in [1.807, 2.05) is 0 Å². The van der Waals surface area contributed by atoms with Gasteiger partial charge in [-0.2, -0.15) is 0 Å². The monoisotopic (exact) mass is 647 g/mol. The van der Waals surface area contributed by atoms with Gasteiger partial charge in [-0.15, -0.1) is 13.0 Å². The van der Waals surface area contributed by atoms with Crippen molar-refractivity contribution in [3.05, 3.63) is 12.7 Å². The molecule has 5 amide bonds. The van der Waals surface area contributed by atoms with Crippen LogP contribution in [0.2, 0.25) is 0 Å². The van der Waals surface area contributed by atoms with Gasteiger partial charge in [0.2, 0.25) is 17.6 Å². The molecule has 4 bridgehead atoms. The summed E-state index contributed by atoms with van der Waals surface area (Å²) in [7, 11) is 0. The predicted molar refractivity (Wildman–Crippen MR) is 177 cm³/mol. The van der Waals surface area contributed by atoms with Gasteiger partial charge in [0.1, 0.15) is 12.1 Å². The summed E-state index contributed by atoms with van der Waals surface area (Å²) >= 11 is 0. The number of hydrogen-bond donors (Lipinski definition) is 4. The first-order valence-electron chi connectivity index (χ1n) is 18.0. The van der Waals surface area contributed by atoms with Crippen LogP contribution in [-0.2, 0) is 19.2 Å². The van der Waals surface area contributed by atoms with Crippen LogP contribution in [-0.4, -0.2) is 71.2 Å². The van der Waals surface area contributed by atoms with Crippen molar-refractivity contribution in [3.8, 4) is 12.3 Å². The fourth-order valence-corrected chi connectivity index (χ4v) is 10.7. The Labute approximate surface area is 279 Å². The average Bonchev–Trinajstić information content (AvgIpc) is 3.34. The third kappa shape index (κ3) is 6.69.